The summed E-state index contributed by atoms with van der Waals surface area (Å²) in [4.78, 5) is 12.0. The molecule has 1 unspecified atom stereocenters. The second-order valence-corrected chi connectivity index (χ2v) is 4.85. The van der Waals surface area contributed by atoms with Crippen LogP contribution < -0.4 is 15.4 Å². The molecular weight excluding hydrogens is 252 g/mol. The minimum Gasteiger partial charge on any atom is -0.494 e. The second kappa shape index (κ2) is 8.46. The van der Waals surface area contributed by atoms with Crippen molar-refractivity contribution in [2.45, 2.75) is 52.6 Å². The lowest BCUT2D eigenvalue weighted by atomic mass is 10.1. The minimum absolute atomic E-state index is 0.0348. The van der Waals surface area contributed by atoms with Gasteiger partial charge >= 0.3 is 0 Å². The zero-order chi connectivity index (χ0) is 15.0. The first kappa shape index (κ1) is 16.3. The van der Waals surface area contributed by atoms with Gasteiger partial charge in [-0.15, -0.1) is 0 Å². The summed E-state index contributed by atoms with van der Waals surface area (Å²) in [5.74, 6) is 0.875. The summed E-state index contributed by atoms with van der Waals surface area (Å²) < 4.78 is 5.39. The first-order chi connectivity index (χ1) is 9.60. The predicted octanol–water partition coefficient (Wildman–Crippen LogP) is 3.19. The second-order valence-electron chi connectivity index (χ2n) is 4.85. The van der Waals surface area contributed by atoms with Crippen molar-refractivity contribution in [2.75, 3.05) is 11.9 Å². The highest BCUT2D eigenvalue weighted by molar-refractivity contribution is 5.84. The van der Waals surface area contributed by atoms with Crippen molar-refractivity contribution in [1.82, 2.24) is 5.32 Å². The van der Waals surface area contributed by atoms with E-state index in [2.05, 4.69) is 24.5 Å². The van der Waals surface area contributed by atoms with Gasteiger partial charge in [0.15, 0.2) is 0 Å². The standard InChI is InChI=1S/C16H26N2O2/c1-5-13(6-2)18-16(19)12(4)17-14-8-10-15(11-9-14)20-7-3/h8-13,17H,5-7H2,1-4H3,(H,18,19). The number of benzene rings is 1. The Labute approximate surface area is 121 Å². The van der Waals surface area contributed by atoms with Crippen LogP contribution in [0, 0.1) is 0 Å². The lowest BCUT2D eigenvalue weighted by Gasteiger charge is -2.20. The van der Waals surface area contributed by atoms with Crippen molar-refractivity contribution >= 4 is 11.6 Å². The Morgan fingerprint density at radius 2 is 1.75 bits per heavy atom. The molecule has 1 rings (SSSR count). The van der Waals surface area contributed by atoms with Crippen molar-refractivity contribution < 1.29 is 9.53 Å². The quantitative estimate of drug-likeness (QED) is 0.768. The maximum absolute atomic E-state index is 12.0. The third-order valence-corrected chi connectivity index (χ3v) is 3.27. The van der Waals surface area contributed by atoms with Gasteiger partial charge < -0.3 is 15.4 Å². The van der Waals surface area contributed by atoms with E-state index in [0.717, 1.165) is 24.3 Å². The number of anilines is 1. The molecule has 0 aliphatic carbocycles. The number of rotatable bonds is 8. The van der Waals surface area contributed by atoms with E-state index in [1.54, 1.807) is 0 Å². The fourth-order valence-corrected chi connectivity index (χ4v) is 1.95. The fourth-order valence-electron chi connectivity index (χ4n) is 1.95. The van der Waals surface area contributed by atoms with E-state index in [9.17, 15) is 4.79 Å². The summed E-state index contributed by atoms with van der Waals surface area (Å²) in [5.41, 5.74) is 0.917. The number of ether oxygens (including phenoxy) is 1. The van der Waals surface area contributed by atoms with E-state index in [4.69, 9.17) is 4.74 Å². The van der Waals surface area contributed by atoms with E-state index in [1.807, 2.05) is 38.1 Å². The lowest BCUT2D eigenvalue weighted by Crippen LogP contribution is -2.42. The van der Waals surface area contributed by atoms with Crippen molar-refractivity contribution in [1.29, 1.82) is 0 Å². The molecule has 1 aromatic carbocycles. The zero-order valence-electron chi connectivity index (χ0n) is 12.9. The molecule has 0 radical (unpaired) electrons. The summed E-state index contributed by atoms with van der Waals surface area (Å²) in [6.45, 7) is 8.64. The van der Waals surface area contributed by atoms with Crippen LogP contribution in [0.25, 0.3) is 0 Å². The number of hydrogen-bond donors (Lipinski definition) is 2. The van der Waals surface area contributed by atoms with Crippen LogP contribution in [0.2, 0.25) is 0 Å². The van der Waals surface area contributed by atoms with Crippen LogP contribution >= 0.6 is 0 Å². The largest absolute Gasteiger partial charge is 0.494 e. The molecule has 0 bridgehead atoms. The monoisotopic (exact) mass is 278 g/mol. The molecule has 0 aliphatic heterocycles. The summed E-state index contributed by atoms with van der Waals surface area (Å²) in [6, 6.07) is 7.65. The number of hydrogen-bond acceptors (Lipinski definition) is 3. The molecular formula is C16H26N2O2. The molecule has 2 N–H and O–H groups in total. The molecule has 20 heavy (non-hydrogen) atoms. The molecule has 1 atom stereocenters. The molecule has 0 spiro atoms. The molecule has 0 saturated heterocycles. The van der Waals surface area contributed by atoms with Gasteiger partial charge in [-0.2, -0.15) is 0 Å². The molecule has 4 heteroatoms. The summed E-state index contributed by atoms with van der Waals surface area (Å²) in [7, 11) is 0. The maximum Gasteiger partial charge on any atom is 0.242 e. The molecule has 0 fully saturated rings. The van der Waals surface area contributed by atoms with Crippen molar-refractivity contribution in [3.8, 4) is 5.75 Å². The van der Waals surface area contributed by atoms with E-state index in [-0.39, 0.29) is 18.0 Å². The lowest BCUT2D eigenvalue weighted by molar-refractivity contribution is -0.122. The molecule has 0 aromatic heterocycles. The zero-order valence-corrected chi connectivity index (χ0v) is 12.9. The van der Waals surface area contributed by atoms with Gasteiger partial charge in [0.2, 0.25) is 5.91 Å². The molecule has 1 aromatic rings. The van der Waals surface area contributed by atoms with Crippen molar-refractivity contribution in [2.24, 2.45) is 0 Å². The topological polar surface area (TPSA) is 50.4 Å². The Morgan fingerprint density at radius 1 is 1.15 bits per heavy atom. The maximum atomic E-state index is 12.0. The van der Waals surface area contributed by atoms with Crippen molar-refractivity contribution in [3.05, 3.63) is 24.3 Å². The SMILES string of the molecule is CCOc1ccc(NC(C)C(=O)NC(CC)CC)cc1. The van der Waals surface area contributed by atoms with Gasteiger partial charge in [0, 0.05) is 11.7 Å². The highest BCUT2D eigenvalue weighted by Crippen LogP contribution is 2.16. The molecule has 0 heterocycles. The van der Waals surface area contributed by atoms with E-state index >= 15 is 0 Å². The van der Waals surface area contributed by atoms with Gasteiger partial charge in [-0.25, -0.2) is 0 Å². The van der Waals surface area contributed by atoms with Gasteiger partial charge in [-0.1, -0.05) is 13.8 Å². The van der Waals surface area contributed by atoms with Crippen molar-refractivity contribution in [3.63, 3.8) is 0 Å². The van der Waals surface area contributed by atoms with E-state index in [1.165, 1.54) is 0 Å². The summed E-state index contributed by atoms with van der Waals surface area (Å²) >= 11 is 0. The average molecular weight is 278 g/mol. The van der Waals surface area contributed by atoms with Crippen LogP contribution in [0.15, 0.2) is 24.3 Å². The van der Waals surface area contributed by atoms with Crippen LogP contribution in [-0.4, -0.2) is 24.6 Å². The van der Waals surface area contributed by atoms with Gasteiger partial charge in [-0.05, 0) is 51.0 Å². The Balaban J connectivity index is 2.52. The Bertz CT molecular complexity index is 399. The Hall–Kier alpha value is -1.71. The van der Waals surface area contributed by atoms with Gasteiger partial charge in [0.05, 0.1) is 6.61 Å². The van der Waals surface area contributed by atoms with E-state index < -0.39 is 0 Å². The summed E-state index contributed by atoms with van der Waals surface area (Å²) in [5, 5.41) is 6.24. The minimum atomic E-state index is -0.256. The smallest absolute Gasteiger partial charge is 0.242 e. The summed E-state index contributed by atoms with van der Waals surface area (Å²) in [6.07, 6.45) is 1.91. The molecule has 0 aliphatic rings. The van der Waals surface area contributed by atoms with Gasteiger partial charge in [-0.3, -0.25) is 4.79 Å². The number of amides is 1. The van der Waals surface area contributed by atoms with Crippen LogP contribution in [0.5, 0.6) is 5.75 Å². The van der Waals surface area contributed by atoms with E-state index in [0.29, 0.717) is 6.61 Å². The van der Waals surface area contributed by atoms with Gasteiger partial charge in [0.1, 0.15) is 11.8 Å². The average Bonchev–Trinajstić information content (AvgIpc) is 2.46. The molecule has 0 saturated carbocycles. The Kier molecular flexibility index (Phi) is 6.91. The van der Waals surface area contributed by atoms with Gasteiger partial charge in [0.25, 0.3) is 0 Å². The third kappa shape index (κ3) is 5.11. The van der Waals surface area contributed by atoms with Crippen LogP contribution in [0.1, 0.15) is 40.5 Å². The predicted molar refractivity (Wildman–Crippen MR) is 83.2 cm³/mol. The normalized spacial score (nSPS) is 12.1. The fraction of sp³-hybridized carbons (Fsp3) is 0.562. The molecule has 1 amide bonds. The first-order valence-corrected chi connectivity index (χ1v) is 7.40. The molecule has 112 valence electrons. The highest BCUT2D eigenvalue weighted by atomic mass is 16.5. The van der Waals surface area contributed by atoms with Crippen LogP contribution in [0.4, 0.5) is 5.69 Å². The first-order valence-electron chi connectivity index (χ1n) is 7.40. The Morgan fingerprint density at radius 3 is 2.25 bits per heavy atom. The number of carbonyl (C=O) groups excluding carboxylic acids is 1. The van der Waals surface area contributed by atoms with Crippen LogP contribution in [-0.2, 0) is 4.79 Å². The number of carbonyl (C=O) groups is 1. The highest BCUT2D eigenvalue weighted by Gasteiger charge is 2.15. The molecule has 4 nitrogen and oxygen atoms in total. The van der Waals surface area contributed by atoms with Crippen LogP contribution in [0.3, 0.4) is 0 Å². The number of nitrogens with one attached hydrogen (secondary N) is 2. The third-order valence-electron chi connectivity index (χ3n) is 3.27.